The summed E-state index contributed by atoms with van der Waals surface area (Å²) >= 11 is 6.12. The van der Waals surface area contributed by atoms with Crippen molar-refractivity contribution in [2.45, 2.75) is 12.6 Å². The molecule has 4 nitrogen and oxygen atoms in total. The highest BCUT2D eigenvalue weighted by Crippen LogP contribution is 2.25. The van der Waals surface area contributed by atoms with Crippen molar-refractivity contribution in [3.8, 4) is 11.4 Å². The van der Waals surface area contributed by atoms with Crippen LogP contribution >= 0.6 is 11.6 Å². The monoisotopic (exact) mass is 299 g/mol. The molecule has 0 saturated heterocycles. The first-order valence-corrected chi connectivity index (χ1v) is 6.97. The van der Waals surface area contributed by atoms with Crippen LogP contribution in [0.5, 0.6) is 0 Å². The van der Waals surface area contributed by atoms with Crippen molar-refractivity contribution in [1.82, 2.24) is 14.5 Å². The van der Waals surface area contributed by atoms with Gasteiger partial charge in [0.1, 0.15) is 5.82 Å². The van der Waals surface area contributed by atoms with Gasteiger partial charge in [-0.25, -0.2) is 4.98 Å². The van der Waals surface area contributed by atoms with E-state index >= 15 is 0 Å². The van der Waals surface area contributed by atoms with E-state index in [4.69, 9.17) is 11.6 Å². The van der Waals surface area contributed by atoms with Crippen molar-refractivity contribution in [3.63, 3.8) is 0 Å². The van der Waals surface area contributed by atoms with Crippen LogP contribution in [0.4, 0.5) is 0 Å². The van der Waals surface area contributed by atoms with E-state index in [1.807, 2.05) is 41.1 Å². The van der Waals surface area contributed by atoms with E-state index in [1.54, 1.807) is 24.7 Å². The van der Waals surface area contributed by atoms with Crippen LogP contribution in [0.3, 0.4) is 0 Å². The zero-order valence-corrected chi connectivity index (χ0v) is 12.0. The Balaban J connectivity index is 1.87. The molecule has 3 aromatic rings. The standard InChI is InChI=1S/C16H14ClN3O/c17-14-4-2-1-3-13(14)15(21)11-20-10-9-19-16(20)12-5-7-18-8-6-12/h1-10,15,21H,11H2/t15-/m0/s1. The number of imidazole rings is 1. The molecule has 0 amide bonds. The van der Waals surface area contributed by atoms with Crippen molar-refractivity contribution >= 4 is 11.6 Å². The smallest absolute Gasteiger partial charge is 0.140 e. The third-order valence-electron chi connectivity index (χ3n) is 3.29. The Morgan fingerprint density at radius 1 is 1.10 bits per heavy atom. The third-order valence-corrected chi connectivity index (χ3v) is 3.63. The molecule has 2 aromatic heterocycles. The van der Waals surface area contributed by atoms with Crippen molar-refractivity contribution in [2.24, 2.45) is 0 Å². The molecule has 0 aliphatic rings. The molecule has 5 heteroatoms. The summed E-state index contributed by atoms with van der Waals surface area (Å²) in [4.78, 5) is 8.35. The number of hydrogen-bond acceptors (Lipinski definition) is 3. The lowest BCUT2D eigenvalue weighted by atomic mass is 10.1. The Labute approximate surface area is 127 Å². The van der Waals surface area contributed by atoms with E-state index in [9.17, 15) is 5.11 Å². The normalized spacial score (nSPS) is 12.3. The second-order valence-corrected chi connectivity index (χ2v) is 5.08. The quantitative estimate of drug-likeness (QED) is 0.804. The minimum atomic E-state index is -0.687. The van der Waals surface area contributed by atoms with Crippen LogP contribution in [-0.4, -0.2) is 19.6 Å². The van der Waals surface area contributed by atoms with Crippen LogP contribution in [0, 0.1) is 0 Å². The lowest BCUT2D eigenvalue weighted by Gasteiger charge is -2.15. The molecule has 0 aliphatic heterocycles. The van der Waals surface area contributed by atoms with Gasteiger partial charge in [-0.1, -0.05) is 29.8 Å². The van der Waals surface area contributed by atoms with E-state index in [-0.39, 0.29) is 0 Å². The lowest BCUT2D eigenvalue weighted by Crippen LogP contribution is -2.09. The minimum absolute atomic E-state index is 0.390. The van der Waals surface area contributed by atoms with Gasteiger partial charge in [-0.2, -0.15) is 0 Å². The van der Waals surface area contributed by atoms with Crippen molar-refractivity contribution < 1.29 is 5.11 Å². The summed E-state index contributed by atoms with van der Waals surface area (Å²) in [5.74, 6) is 0.795. The summed E-state index contributed by atoms with van der Waals surface area (Å²) < 4.78 is 1.91. The number of benzene rings is 1. The van der Waals surface area contributed by atoms with Gasteiger partial charge in [0.15, 0.2) is 0 Å². The number of halogens is 1. The Bertz CT molecular complexity index is 727. The minimum Gasteiger partial charge on any atom is -0.386 e. The fourth-order valence-corrected chi connectivity index (χ4v) is 2.51. The maximum absolute atomic E-state index is 10.4. The Morgan fingerprint density at radius 2 is 1.86 bits per heavy atom. The molecular weight excluding hydrogens is 286 g/mol. The van der Waals surface area contributed by atoms with Gasteiger partial charge in [0.2, 0.25) is 0 Å². The first-order chi connectivity index (χ1) is 10.3. The van der Waals surface area contributed by atoms with Crippen LogP contribution in [0.2, 0.25) is 5.02 Å². The van der Waals surface area contributed by atoms with E-state index in [1.165, 1.54) is 0 Å². The molecule has 21 heavy (non-hydrogen) atoms. The molecule has 1 N–H and O–H groups in total. The number of aliphatic hydroxyl groups is 1. The number of aromatic nitrogens is 3. The van der Waals surface area contributed by atoms with Gasteiger partial charge in [0.05, 0.1) is 12.6 Å². The van der Waals surface area contributed by atoms with Gasteiger partial charge in [-0.15, -0.1) is 0 Å². The Morgan fingerprint density at radius 3 is 2.62 bits per heavy atom. The molecule has 106 valence electrons. The van der Waals surface area contributed by atoms with Gasteiger partial charge in [-0.3, -0.25) is 4.98 Å². The molecule has 3 rings (SSSR count). The fraction of sp³-hybridized carbons (Fsp3) is 0.125. The van der Waals surface area contributed by atoms with Crippen LogP contribution < -0.4 is 0 Å². The largest absolute Gasteiger partial charge is 0.386 e. The molecule has 0 spiro atoms. The molecule has 2 heterocycles. The average molecular weight is 300 g/mol. The second-order valence-electron chi connectivity index (χ2n) is 4.68. The molecule has 0 radical (unpaired) electrons. The summed E-state index contributed by atoms with van der Waals surface area (Å²) in [5.41, 5.74) is 1.68. The summed E-state index contributed by atoms with van der Waals surface area (Å²) in [7, 11) is 0. The molecule has 1 atom stereocenters. The van der Waals surface area contributed by atoms with Crippen LogP contribution in [-0.2, 0) is 6.54 Å². The number of hydrogen-bond donors (Lipinski definition) is 1. The number of aliphatic hydroxyl groups excluding tert-OH is 1. The number of nitrogens with zero attached hydrogens (tertiary/aromatic N) is 3. The molecule has 1 aromatic carbocycles. The summed E-state index contributed by atoms with van der Waals surface area (Å²) in [6.07, 6.45) is 6.32. The second kappa shape index (κ2) is 6.08. The lowest BCUT2D eigenvalue weighted by molar-refractivity contribution is 0.157. The van der Waals surface area contributed by atoms with Crippen molar-refractivity contribution in [3.05, 3.63) is 71.8 Å². The van der Waals surface area contributed by atoms with E-state index in [0.29, 0.717) is 17.1 Å². The summed E-state index contributed by atoms with van der Waals surface area (Å²) in [5, 5.41) is 11.0. The third kappa shape index (κ3) is 2.96. The summed E-state index contributed by atoms with van der Waals surface area (Å²) in [6, 6.07) is 11.1. The fourth-order valence-electron chi connectivity index (χ4n) is 2.25. The van der Waals surface area contributed by atoms with Crippen LogP contribution in [0.15, 0.2) is 61.2 Å². The van der Waals surface area contributed by atoms with Crippen molar-refractivity contribution in [2.75, 3.05) is 0 Å². The van der Waals surface area contributed by atoms with Gasteiger partial charge < -0.3 is 9.67 Å². The van der Waals surface area contributed by atoms with Crippen LogP contribution in [0.1, 0.15) is 11.7 Å². The maximum Gasteiger partial charge on any atom is 0.140 e. The molecule has 0 saturated carbocycles. The van der Waals surface area contributed by atoms with Crippen molar-refractivity contribution in [1.29, 1.82) is 0 Å². The first kappa shape index (κ1) is 13.8. The Kier molecular flexibility index (Phi) is 3.99. The molecular formula is C16H14ClN3O. The highest BCUT2D eigenvalue weighted by Gasteiger charge is 2.14. The van der Waals surface area contributed by atoms with Gasteiger partial charge in [0, 0.05) is 40.9 Å². The maximum atomic E-state index is 10.4. The van der Waals surface area contributed by atoms with Gasteiger partial charge in [-0.05, 0) is 18.2 Å². The van der Waals surface area contributed by atoms with Crippen LogP contribution in [0.25, 0.3) is 11.4 Å². The van der Waals surface area contributed by atoms with Gasteiger partial charge >= 0.3 is 0 Å². The molecule has 0 bridgehead atoms. The van der Waals surface area contributed by atoms with E-state index < -0.39 is 6.10 Å². The molecule has 0 aliphatic carbocycles. The predicted octanol–water partition coefficient (Wildman–Crippen LogP) is 3.33. The van der Waals surface area contributed by atoms with Gasteiger partial charge in [0.25, 0.3) is 0 Å². The Hall–Kier alpha value is -2.17. The van der Waals surface area contributed by atoms with E-state index in [0.717, 1.165) is 11.4 Å². The zero-order valence-electron chi connectivity index (χ0n) is 11.2. The number of pyridine rings is 1. The highest BCUT2D eigenvalue weighted by atomic mass is 35.5. The molecule has 0 fully saturated rings. The number of rotatable bonds is 4. The SMILES string of the molecule is O[C@@H](Cn1ccnc1-c1ccncc1)c1ccccc1Cl. The zero-order chi connectivity index (χ0) is 14.7. The average Bonchev–Trinajstić information content (AvgIpc) is 2.96. The van der Waals surface area contributed by atoms with E-state index in [2.05, 4.69) is 9.97 Å². The topological polar surface area (TPSA) is 50.9 Å². The summed E-state index contributed by atoms with van der Waals surface area (Å²) in [6.45, 7) is 0.390. The molecule has 0 unspecified atom stereocenters. The highest BCUT2D eigenvalue weighted by molar-refractivity contribution is 6.31. The first-order valence-electron chi connectivity index (χ1n) is 6.60. The predicted molar refractivity (Wildman–Crippen MR) is 81.9 cm³/mol.